The topological polar surface area (TPSA) is 0 Å². The van der Waals surface area contributed by atoms with E-state index in [1.807, 2.05) is 0 Å². The molecule has 27 heavy (non-hydrogen) atoms. The molecule has 146 valence electrons. The van der Waals surface area contributed by atoms with E-state index < -0.39 is 0 Å². The Morgan fingerprint density at radius 3 is 1.85 bits per heavy atom. The van der Waals surface area contributed by atoms with Crippen molar-refractivity contribution in [3.8, 4) is 11.1 Å². The molecule has 0 spiro atoms. The maximum Gasteiger partial charge on any atom is -0.0162 e. The molecule has 0 nitrogen and oxygen atoms in total. The summed E-state index contributed by atoms with van der Waals surface area (Å²) in [6.45, 7) is 4.51. The smallest absolute Gasteiger partial charge is 0.0162 e. The summed E-state index contributed by atoms with van der Waals surface area (Å²) < 4.78 is 0. The third kappa shape index (κ3) is 5.96. The Bertz CT molecular complexity index is 641. The molecule has 2 aromatic carbocycles. The normalized spacial score (nSPS) is 19.9. The summed E-state index contributed by atoms with van der Waals surface area (Å²) in [5.74, 6) is 1.79. The molecule has 1 aliphatic rings. The molecule has 1 aliphatic carbocycles. The van der Waals surface area contributed by atoms with Gasteiger partial charge in [-0.3, -0.25) is 0 Å². The minimum atomic E-state index is 0.790. The Kier molecular flexibility index (Phi) is 7.99. The average molecular weight is 363 g/mol. The number of rotatable bonds is 9. The number of hydrogen-bond donors (Lipinski definition) is 0. The highest BCUT2D eigenvalue weighted by atomic mass is 14.3. The van der Waals surface area contributed by atoms with E-state index in [0.717, 1.165) is 18.3 Å². The zero-order valence-electron chi connectivity index (χ0n) is 17.6. The van der Waals surface area contributed by atoms with Gasteiger partial charge < -0.3 is 0 Å². The Hall–Kier alpha value is -1.56. The lowest BCUT2D eigenvalue weighted by molar-refractivity contribution is 0.302. The van der Waals surface area contributed by atoms with E-state index >= 15 is 0 Å². The highest BCUT2D eigenvalue weighted by Crippen LogP contribution is 2.38. The van der Waals surface area contributed by atoms with E-state index in [-0.39, 0.29) is 0 Å². The molecule has 0 atom stereocenters. The summed E-state index contributed by atoms with van der Waals surface area (Å²) in [4.78, 5) is 0. The van der Waals surface area contributed by atoms with Gasteiger partial charge in [-0.1, -0.05) is 101 Å². The van der Waals surface area contributed by atoms with Gasteiger partial charge in [0.1, 0.15) is 0 Å². The molecular weight excluding hydrogens is 324 g/mol. The Morgan fingerprint density at radius 1 is 0.667 bits per heavy atom. The molecular formula is C27H38. The fourth-order valence-corrected chi connectivity index (χ4v) is 4.70. The van der Waals surface area contributed by atoms with E-state index in [2.05, 4.69) is 62.4 Å². The van der Waals surface area contributed by atoms with E-state index in [0.29, 0.717) is 0 Å². The second-order valence-corrected chi connectivity index (χ2v) is 8.59. The van der Waals surface area contributed by atoms with Crippen molar-refractivity contribution >= 4 is 0 Å². The molecule has 0 heteroatoms. The molecule has 2 aromatic rings. The van der Waals surface area contributed by atoms with E-state index in [1.165, 1.54) is 80.9 Å². The lowest BCUT2D eigenvalue weighted by Gasteiger charge is -2.29. The summed E-state index contributed by atoms with van der Waals surface area (Å²) >= 11 is 0. The average Bonchev–Trinajstić information content (AvgIpc) is 2.74. The summed E-state index contributed by atoms with van der Waals surface area (Å²) in [5.41, 5.74) is 5.66. The number of benzene rings is 2. The zero-order chi connectivity index (χ0) is 18.9. The van der Waals surface area contributed by atoms with Gasteiger partial charge in [-0.25, -0.2) is 0 Å². The Labute approximate surface area is 167 Å². The molecule has 1 saturated carbocycles. The van der Waals surface area contributed by atoms with Crippen LogP contribution in [0.4, 0.5) is 0 Å². The zero-order valence-corrected chi connectivity index (χ0v) is 17.6. The largest absolute Gasteiger partial charge is 0.0654 e. The van der Waals surface area contributed by atoms with Gasteiger partial charge in [0.25, 0.3) is 0 Å². The maximum atomic E-state index is 2.39. The molecule has 0 bridgehead atoms. The van der Waals surface area contributed by atoms with Gasteiger partial charge in [-0.2, -0.15) is 0 Å². The first kappa shape index (κ1) is 20.2. The SMILES string of the molecule is CCCCCCCC1CCC(c2ccc(-c3ccc(CC)cc3)cc2)CC1. The highest BCUT2D eigenvalue weighted by molar-refractivity contribution is 5.64. The molecule has 0 amide bonds. The Morgan fingerprint density at radius 2 is 1.26 bits per heavy atom. The summed E-state index contributed by atoms with van der Waals surface area (Å²) in [7, 11) is 0. The second-order valence-electron chi connectivity index (χ2n) is 8.59. The second kappa shape index (κ2) is 10.7. The van der Waals surface area contributed by atoms with Crippen LogP contribution in [0.3, 0.4) is 0 Å². The minimum Gasteiger partial charge on any atom is -0.0654 e. The van der Waals surface area contributed by atoms with Gasteiger partial charge in [0, 0.05) is 0 Å². The lowest BCUT2D eigenvalue weighted by atomic mass is 9.77. The van der Waals surface area contributed by atoms with Gasteiger partial charge in [-0.15, -0.1) is 0 Å². The first-order valence-electron chi connectivity index (χ1n) is 11.5. The quantitative estimate of drug-likeness (QED) is 0.392. The van der Waals surface area contributed by atoms with E-state index in [1.54, 1.807) is 5.56 Å². The van der Waals surface area contributed by atoms with Crippen molar-refractivity contribution in [2.75, 3.05) is 0 Å². The van der Waals surface area contributed by atoms with Crippen molar-refractivity contribution in [3.05, 3.63) is 59.7 Å². The van der Waals surface area contributed by atoms with Crippen molar-refractivity contribution in [2.24, 2.45) is 5.92 Å². The first-order valence-corrected chi connectivity index (χ1v) is 11.5. The molecule has 0 aromatic heterocycles. The van der Waals surface area contributed by atoms with Gasteiger partial charge >= 0.3 is 0 Å². The lowest BCUT2D eigenvalue weighted by Crippen LogP contribution is -2.13. The summed E-state index contributed by atoms with van der Waals surface area (Å²) in [5, 5.41) is 0. The Balaban J connectivity index is 1.47. The third-order valence-corrected chi connectivity index (χ3v) is 6.64. The molecule has 0 N–H and O–H groups in total. The van der Waals surface area contributed by atoms with Crippen LogP contribution in [-0.2, 0) is 6.42 Å². The number of aryl methyl sites for hydroxylation is 1. The van der Waals surface area contributed by atoms with Crippen molar-refractivity contribution in [1.29, 1.82) is 0 Å². The van der Waals surface area contributed by atoms with Crippen LogP contribution in [0.5, 0.6) is 0 Å². The van der Waals surface area contributed by atoms with Crippen LogP contribution < -0.4 is 0 Å². The van der Waals surface area contributed by atoms with Crippen molar-refractivity contribution in [2.45, 2.75) is 90.4 Å². The summed E-state index contributed by atoms with van der Waals surface area (Å²) in [6.07, 6.45) is 15.4. The van der Waals surface area contributed by atoms with E-state index in [9.17, 15) is 0 Å². The monoisotopic (exact) mass is 362 g/mol. The standard InChI is InChI=1S/C27H38/c1-3-5-6-7-8-9-23-12-16-25(17-13-23)27-20-18-26(19-21-27)24-14-10-22(4-2)11-15-24/h10-11,14-15,18-21,23,25H,3-9,12-13,16-17H2,1-2H3. The predicted molar refractivity (Wildman–Crippen MR) is 119 cm³/mol. The van der Waals surface area contributed by atoms with Gasteiger partial charge in [-0.05, 0) is 66.2 Å². The van der Waals surface area contributed by atoms with Crippen LogP contribution in [0.2, 0.25) is 0 Å². The highest BCUT2D eigenvalue weighted by Gasteiger charge is 2.22. The maximum absolute atomic E-state index is 2.39. The van der Waals surface area contributed by atoms with Crippen LogP contribution >= 0.6 is 0 Å². The first-order chi connectivity index (χ1) is 13.3. The molecule has 0 radical (unpaired) electrons. The van der Waals surface area contributed by atoms with Crippen LogP contribution in [0, 0.1) is 5.92 Å². The van der Waals surface area contributed by atoms with Crippen molar-refractivity contribution in [1.82, 2.24) is 0 Å². The van der Waals surface area contributed by atoms with E-state index in [4.69, 9.17) is 0 Å². The molecule has 0 aliphatic heterocycles. The van der Waals surface area contributed by atoms with Crippen LogP contribution in [-0.4, -0.2) is 0 Å². The molecule has 0 unspecified atom stereocenters. The fraction of sp³-hybridized carbons (Fsp3) is 0.556. The fourth-order valence-electron chi connectivity index (χ4n) is 4.70. The summed E-state index contributed by atoms with van der Waals surface area (Å²) in [6, 6.07) is 18.5. The number of unbranched alkanes of at least 4 members (excludes halogenated alkanes) is 4. The predicted octanol–water partition coefficient (Wildman–Crippen LogP) is 8.55. The van der Waals surface area contributed by atoms with Crippen molar-refractivity contribution < 1.29 is 0 Å². The van der Waals surface area contributed by atoms with Gasteiger partial charge in [0.05, 0.1) is 0 Å². The van der Waals surface area contributed by atoms with Crippen molar-refractivity contribution in [3.63, 3.8) is 0 Å². The molecule has 0 heterocycles. The van der Waals surface area contributed by atoms with Crippen LogP contribution in [0.15, 0.2) is 48.5 Å². The molecule has 1 fully saturated rings. The molecule has 0 saturated heterocycles. The minimum absolute atomic E-state index is 0.790. The number of hydrogen-bond acceptors (Lipinski definition) is 0. The van der Waals surface area contributed by atoms with Crippen LogP contribution in [0.1, 0.15) is 95.1 Å². The third-order valence-electron chi connectivity index (χ3n) is 6.64. The molecule has 3 rings (SSSR count). The van der Waals surface area contributed by atoms with Gasteiger partial charge in [0.15, 0.2) is 0 Å². The van der Waals surface area contributed by atoms with Crippen LogP contribution in [0.25, 0.3) is 11.1 Å². The van der Waals surface area contributed by atoms with Gasteiger partial charge in [0.2, 0.25) is 0 Å².